The predicted octanol–water partition coefficient (Wildman–Crippen LogP) is -5.77. The van der Waals surface area contributed by atoms with E-state index in [2.05, 4.69) is 0 Å². The van der Waals surface area contributed by atoms with Gasteiger partial charge in [-0.3, -0.25) is 0 Å². The van der Waals surface area contributed by atoms with Crippen LogP contribution in [0.2, 0.25) is 0 Å². The Morgan fingerprint density at radius 1 is 0.561 bits per heavy atom. The van der Waals surface area contributed by atoms with Crippen molar-refractivity contribution in [3.05, 3.63) is 0 Å². The van der Waals surface area contributed by atoms with Crippen molar-refractivity contribution in [1.82, 2.24) is 0 Å². The van der Waals surface area contributed by atoms with Crippen LogP contribution in [0.15, 0.2) is 0 Å². The molecule has 0 aliphatic carbocycles. The number of hydrogen-bond donors (Lipinski definition) is 10. The molecule has 15 unspecified atom stereocenters. The first-order valence-corrected chi connectivity index (χ1v) is 13.4. The quantitative estimate of drug-likeness (QED) is 0.105. The normalized spacial score (nSPS) is 46.0. The Morgan fingerprint density at radius 2 is 1.00 bits per heavy atom. The maximum atomic E-state index is 10.4. The Hall–Kier alpha value is -0.680. The van der Waals surface area contributed by atoms with E-state index in [4.69, 9.17) is 38.9 Å². The van der Waals surface area contributed by atoms with Crippen molar-refractivity contribution >= 4 is 0 Å². The lowest BCUT2D eigenvalue weighted by Gasteiger charge is -2.44. The van der Waals surface area contributed by atoms with E-state index in [9.17, 15) is 46.0 Å². The lowest BCUT2D eigenvalue weighted by Crippen LogP contribution is -2.63. The second kappa shape index (κ2) is 14.9. The van der Waals surface area contributed by atoms with Gasteiger partial charge in [0.05, 0.1) is 32.0 Å². The summed E-state index contributed by atoms with van der Waals surface area (Å²) in [6, 6.07) is 0. The smallest absolute Gasteiger partial charge is 0.186 e. The first-order valence-electron chi connectivity index (χ1n) is 13.4. The highest BCUT2D eigenvalue weighted by atomic mass is 16.7. The molecule has 0 aromatic heterocycles. The third-order valence-corrected chi connectivity index (χ3v) is 6.96. The molecule has 0 aromatic carbocycles. The second-order valence-corrected chi connectivity index (χ2v) is 11.3. The topological polar surface area (TPSA) is 273 Å². The summed E-state index contributed by atoms with van der Waals surface area (Å²) in [5.74, 6) is 0. The summed E-state index contributed by atoms with van der Waals surface area (Å²) in [5, 5.41) is 92.9. The molecule has 15 atom stereocenters. The van der Waals surface area contributed by atoms with Crippen LogP contribution in [-0.2, 0) is 33.2 Å². The fourth-order valence-electron chi connectivity index (χ4n) is 4.54. The van der Waals surface area contributed by atoms with E-state index in [1.54, 1.807) is 20.8 Å². The number of ether oxygens (including phenoxy) is 7. The molecule has 3 fully saturated rings. The van der Waals surface area contributed by atoms with Crippen molar-refractivity contribution in [2.24, 2.45) is 5.73 Å². The summed E-state index contributed by atoms with van der Waals surface area (Å²) in [4.78, 5) is 0. The number of hydrogen-bond acceptors (Lipinski definition) is 17. The molecule has 0 spiro atoms. The Labute approximate surface area is 236 Å². The number of nitrogens with two attached hydrogens (primary N) is 1. The summed E-state index contributed by atoms with van der Waals surface area (Å²) < 4.78 is 38.2. The molecule has 41 heavy (non-hydrogen) atoms. The highest BCUT2D eigenvalue weighted by Gasteiger charge is 2.49. The average Bonchev–Trinajstić information content (AvgIpc) is 2.91. The lowest BCUT2D eigenvalue weighted by atomic mass is 9.98. The number of rotatable bonds is 11. The molecule has 17 nitrogen and oxygen atoms in total. The standard InChI is InChI=1S/C24H45NO16/c1-24(2,3)38-8-11-13(27)16(30)19(33)23(41-11)37-7-10-12(26)15(29)18(32)22(40-10)36-6-9-14(28)17(31)20(21(34)39-9)35-5-4-25/h9-23,26-34H,4-8,25H2,1-3H3. The molecule has 3 aliphatic heterocycles. The second-order valence-electron chi connectivity index (χ2n) is 11.3. The largest absolute Gasteiger partial charge is 0.387 e. The van der Waals surface area contributed by atoms with E-state index in [1.165, 1.54) is 0 Å². The molecule has 0 amide bonds. The summed E-state index contributed by atoms with van der Waals surface area (Å²) in [6.07, 6.45) is -22.8. The molecule has 3 aliphatic rings. The van der Waals surface area contributed by atoms with Gasteiger partial charge in [-0.05, 0) is 20.8 Å². The van der Waals surface area contributed by atoms with Crippen molar-refractivity contribution in [2.75, 3.05) is 33.0 Å². The number of aliphatic hydroxyl groups is 9. The van der Waals surface area contributed by atoms with E-state index >= 15 is 0 Å². The zero-order chi connectivity index (χ0) is 30.6. The molecule has 3 heterocycles. The van der Waals surface area contributed by atoms with Gasteiger partial charge in [0.15, 0.2) is 18.9 Å². The van der Waals surface area contributed by atoms with Gasteiger partial charge in [-0.2, -0.15) is 0 Å². The van der Waals surface area contributed by atoms with Gasteiger partial charge < -0.3 is 84.9 Å². The molecule has 17 heteroatoms. The van der Waals surface area contributed by atoms with Crippen LogP contribution in [0, 0.1) is 0 Å². The Balaban J connectivity index is 1.57. The molecule has 0 aromatic rings. The van der Waals surface area contributed by atoms with E-state index in [-0.39, 0.29) is 19.8 Å². The molecule has 3 rings (SSSR count). The lowest BCUT2D eigenvalue weighted by molar-refractivity contribution is -0.342. The van der Waals surface area contributed by atoms with E-state index in [1.807, 2.05) is 0 Å². The fraction of sp³-hybridized carbons (Fsp3) is 1.00. The molecular formula is C24H45NO16. The minimum Gasteiger partial charge on any atom is -0.387 e. The molecule has 0 radical (unpaired) electrons. The zero-order valence-electron chi connectivity index (χ0n) is 23.2. The highest BCUT2D eigenvalue weighted by Crippen LogP contribution is 2.28. The Bertz CT molecular complexity index is 789. The Morgan fingerprint density at radius 3 is 1.46 bits per heavy atom. The van der Waals surface area contributed by atoms with Crippen LogP contribution in [0.4, 0.5) is 0 Å². The zero-order valence-corrected chi connectivity index (χ0v) is 23.2. The fourth-order valence-corrected chi connectivity index (χ4v) is 4.54. The van der Waals surface area contributed by atoms with Crippen LogP contribution in [0.25, 0.3) is 0 Å². The van der Waals surface area contributed by atoms with E-state index in [0.29, 0.717) is 0 Å². The highest BCUT2D eigenvalue weighted by molar-refractivity contribution is 4.93. The summed E-state index contributed by atoms with van der Waals surface area (Å²) in [6.45, 7) is 4.26. The van der Waals surface area contributed by atoms with Gasteiger partial charge >= 0.3 is 0 Å². The maximum Gasteiger partial charge on any atom is 0.186 e. The molecule has 0 bridgehead atoms. The van der Waals surface area contributed by atoms with Gasteiger partial charge in [0.25, 0.3) is 0 Å². The molecule has 3 saturated heterocycles. The van der Waals surface area contributed by atoms with E-state index < -0.39 is 111 Å². The van der Waals surface area contributed by atoms with Crippen molar-refractivity contribution < 1.29 is 79.1 Å². The van der Waals surface area contributed by atoms with Gasteiger partial charge in [0.1, 0.15) is 73.2 Å². The summed E-state index contributed by atoms with van der Waals surface area (Å²) >= 11 is 0. The van der Waals surface area contributed by atoms with Gasteiger partial charge in [0.2, 0.25) is 0 Å². The molecular weight excluding hydrogens is 558 g/mol. The average molecular weight is 604 g/mol. The van der Waals surface area contributed by atoms with Crippen LogP contribution in [0.5, 0.6) is 0 Å². The van der Waals surface area contributed by atoms with Crippen molar-refractivity contribution in [2.45, 2.75) is 118 Å². The summed E-state index contributed by atoms with van der Waals surface area (Å²) in [5.41, 5.74) is 4.76. The van der Waals surface area contributed by atoms with Crippen molar-refractivity contribution in [3.8, 4) is 0 Å². The van der Waals surface area contributed by atoms with Gasteiger partial charge in [0, 0.05) is 6.54 Å². The van der Waals surface area contributed by atoms with Crippen molar-refractivity contribution in [3.63, 3.8) is 0 Å². The van der Waals surface area contributed by atoms with Crippen LogP contribution in [0.3, 0.4) is 0 Å². The first-order chi connectivity index (χ1) is 19.2. The third-order valence-electron chi connectivity index (χ3n) is 6.96. The van der Waals surface area contributed by atoms with Crippen LogP contribution >= 0.6 is 0 Å². The third kappa shape index (κ3) is 8.70. The Kier molecular flexibility index (Phi) is 12.6. The van der Waals surface area contributed by atoms with Gasteiger partial charge in [-0.15, -0.1) is 0 Å². The predicted molar refractivity (Wildman–Crippen MR) is 133 cm³/mol. The first kappa shape index (κ1) is 34.8. The molecule has 0 saturated carbocycles. The van der Waals surface area contributed by atoms with Crippen molar-refractivity contribution in [1.29, 1.82) is 0 Å². The van der Waals surface area contributed by atoms with E-state index in [0.717, 1.165) is 0 Å². The number of aliphatic hydroxyl groups excluding tert-OH is 9. The van der Waals surface area contributed by atoms with Crippen LogP contribution in [-0.4, -0.2) is 177 Å². The van der Waals surface area contributed by atoms with Gasteiger partial charge in [-0.25, -0.2) is 0 Å². The molecule has 242 valence electrons. The summed E-state index contributed by atoms with van der Waals surface area (Å²) in [7, 11) is 0. The minimum absolute atomic E-state index is 0.00433. The van der Waals surface area contributed by atoms with Gasteiger partial charge in [-0.1, -0.05) is 0 Å². The minimum atomic E-state index is -1.78. The maximum absolute atomic E-state index is 10.4. The van der Waals surface area contributed by atoms with Crippen LogP contribution in [0.1, 0.15) is 20.8 Å². The monoisotopic (exact) mass is 603 g/mol. The SMILES string of the molecule is CC(C)(C)OCC1OC(OCC2OC(OCC3OC(O)C(OCCN)C(O)C3O)C(O)C(O)C2O)C(O)C(O)C1O. The molecule has 11 N–H and O–H groups in total. The van der Waals surface area contributed by atoms with Crippen LogP contribution < -0.4 is 5.73 Å².